The molecule has 0 fully saturated rings. The molecule has 0 aliphatic rings. The number of rotatable bonds is 6. The number of carbonyl (C=O) groups excluding carboxylic acids is 1. The molecular formula is C13H20BrN3O. The Morgan fingerprint density at radius 3 is 2.50 bits per heavy atom. The van der Waals surface area contributed by atoms with Crippen LogP contribution in [0.5, 0.6) is 0 Å². The first kappa shape index (κ1) is 15.0. The third-order valence-corrected chi connectivity index (χ3v) is 3.03. The van der Waals surface area contributed by atoms with Gasteiger partial charge in [0.25, 0.3) is 5.91 Å². The number of nitrogens with zero attached hydrogens (tertiary/aromatic N) is 2. The van der Waals surface area contributed by atoms with Gasteiger partial charge in [-0.1, -0.05) is 13.8 Å². The third kappa shape index (κ3) is 3.70. The van der Waals surface area contributed by atoms with E-state index in [4.69, 9.17) is 0 Å². The molecule has 0 aliphatic carbocycles. The van der Waals surface area contributed by atoms with E-state index < -0.39 is 0 Å². The van der Waals surface area contributed by atoms with Gasteiger partial charge in [-0.2, -0.15) is 0 Å². The number of carbonyl (C=O) groups is 1. The normalized spacial score (nSPS) is 10.2. The molecule has 1 heterocycles. The zero-order valence-electron chi connectivity index (χ0n) is 11.2. The van der Waals surface area contributed by atoms with Crippen molar-refractivity contribution in [3.63, 3.8) is 0 Å². The first-order valence-electron chi connectivity index (χ1n) is 6.26. The minimum absolute atomic E-state index is 0.0388. The van der Waals surface area contributed by atoms with Gasteiger partial charge in [0, 0.05) is 30.8 Å². The lowest BCUT2D eigenvalue weighted by atomic mass is 10.2. The van der Waals surface area contributed by atoms with Gasteiger partial charge in [-0.05, 0) is 34.8 Å². The highest BCUT2D eigenvalue weighted by molar-refractivity contribution is 9.10. The summed E-state index contributed by atoms with van der Waals surface area (Å²) < 4.78 is 0.817. The predicted molar refractivity (Wildman–Crippen MR) is 78.0 cm³/mol. The molecule has 18 heavy (non-hydrogen) atoms. The molecule has 5 heteroatoms. The smallest absolute Gasteiger partial charge is 0.257 e. The SMILES string of the molecule is CCCN(CCC)C(=O)c1cc(Br)cnc1NC. The molecule has 1 amide bonds. The molecule has 0 saturated heterocycles. The molecule has 0 saturated carbocycles. The second-order valence-electron chi connectivity index (χ2n) is 4.09. The van der Waals surface area contributed by atoms with Gasteiger partial charge in [0.1, 0.15) is 5.82 Å². The zero-order valence-corrected chi connectivity index (χ0v) is 12.7. The fourth-order valence-electron chi connectivity index (χ4n) is 1.83. The van der Waals surface area contributed by atoms with Crippen molar-refractivity contribution in [2.24, 2.45) is 0 Å². The molecule has 0 atom stereocenters. The number of hydrogen-bond acceptors (Lipinski definition) is 3. The van der Waals surface area contributed by atoms with Gasteiger partial charge in [0.2, 0.25) is 0 Å². The van der Waals surface area contributed by atoms with Crippen LogP contribution < -0.4 is 5.32 Å². The highest BCUT2D eigenvalue weighted by Crippen LogP contribution is 2.19. The molecular weight excluding hydrogens is 294 g/mol. The monoisotopic (exact) mass is 313 g/mol. The molecule has 1 N–H and O–H groups in total. The number of hydrogen-bond donors (Lipinski definition) is 1. The molecule has 100 valence electrons. The van der Waals surface area contributed by atoms with Gasteiger partial charge in [-0.15, -0.1) is 0 Å². The molecule has 1 aromatic rings. The summed E-state index contributed by atoms with van der Waals surface area (Å²) in [6, 6.07) is 1.82. The zero-order chi connectivity index (χ0) is 13.5. The average Bonchev–Trinajstić information content (AvgIpc) is 2.37. The maximum atomic E-state index is 12.5. The summed E-state index contributed by atoms with van der Waals surface area (Å²) in [5.41, 5.74) is 0.619. The van der Waals surface area contributed by atoms with Crippen LogP contribution in [0.15, 0.2) is 16.7 Å². The van der Waals surface area contributed by atoms with Crippen LogP contribution >= 0.6 is 15.9 Å². The summed E-state index contributed by atoms with van der Waals surface area (Å²) >= 11 is 3.36. The minimum Gasteiger partial charge on any atom is -0.372 e. The molecule has 0 aliphatic heterocycles. The molecule has 4 nitrogen and oxygen atoms in total. The van der Waals surface area contributed by atoms with E-state index in [1.165, 1.54) is 0 Å². The second kappa shape index (κ2) is 7.36. The first-order valence-corrected chi connectivity index (χ1v) is 7.05. The van der Waals surface area contributed by atoms with Crippen LogP contribution in [0.3, 0.4) is 0 Å². The van der Waals surface area contributed by atoms with Crippen molar-refractivity contribution < 1.29 is 4.79 Å². The fourth-order valence-corrected chi connectivity index (χ4v) is 2.16. The lowest BCUT2D eigenvalue weighted by molar-refractivity contribution is 0.0756. The topological polar surface area (TPSA) is 45.2 Å². The van der Waals surface area contributed by atoms with Crippen LogP contribution in [0.2, 0.25) is 0 Å². The molecule has 0 radical (unpaired) electrons. The Balaban J connectivity index is 3.02. The number of halogens is 1. The standard InChI is InChI=1S/C13H20BrN3O/c1-4-6-17(7-5-2)13(18)11-8-10(14)9-16-12(11)15-3/h8-9H,4-7H2,1-3H3,(H,15,16). The van der Waals surface area contributed by atoms with Crippen LogP contribution in [0, 0.1) is 0 Å². The number of aromatic nitrogens is 1. The van der Waals surface area contributed by atoms with E-state index in [-0.39, 0.29) is 5.91 Å². The Hall–Kier alpha value is -1.10. The van der Waals surface area contributed by atoms with Gasteiger partial charge in [-0.25, -0.2) is 4.98 Å². The Morgan fingerprint density at radius 1 is 1.39 bits per heavy atom. The first-order chi connectivity index (χ1) is 8.63. The van der Waals surface area contributed by atoms with Crippen molar-refractivity contribution in [2.75, 3.05) is 25.5 Å². The van der Waals surface area contributed by atoms with E-state index in [1.807, 2.05) is 11.0 Å². The summed E-state index contributed by atoms with van der Waals surface area (Å²) in [6.07, 6.45) is 3.61. The third-order valence-electron chi connectivity index (χ3n) is 2.60. The largest absolute Gasteiger partial charge is 0.372 e. The lowest BCUT2D eigenvalue weighted by Crippen LogP contribution is -2.33. The molecule has 1 rings (SSSR count). The van der Waals surface area contributed by atoms with Crippen molar-refractivity contribution in [3.05, 3.63) is 22.3 Å². The van der Waals surface area contributed by atoms with Crippen LogP contribution in [0.4, 0.5) is 5.82 Å². The Kier molecular flexibility index (Phi) is 6.12. The van der Waals surface area contributed by atoms with Crippen molar-refractivity contribution in [3.8, 4) is 0 Å². The highest BCUT2D eigenvalue weighted by Gasteiger charge is 2.18. The molecule has 0 spiro atoms. The summed E-state index contributed by atoms with van der Waals surface area (Å²) in [5, 5.41) is 2.96. The van der Waals surface area contributed by atoms with Crippen LogP contribution in [0.25, 0.3) is 0 Å². The van der Waals surface area contributed by atoms with Crippen LogP contribution in [-0.4, -0.2) is 35.9 Å². The van der Waals surface area contributed by atoms with Crippen molar-refractivity contribution in [1.82, 2.24) is 9.88 Å². The summed E-state index contributed by atoms with van der Waals surface area (Å²) in [5.74, 6) is 0.664. The maximum Gasteiger partial charge on any atom is 0.257 e. The van der Waals surface area contributed by atoms with Gasteiger partial charge in [-0.3, -0.25) is 4.79 Å². The number of amides is 1. The second-order valence-corrected chi connectivity index (χ2v) is 5.01. The number of anilines is 1. The Morgan fingerprint density at radius 2 is 2.00 bits per heavy atom. The molecule has 1 aromatic heterocycles. The van der Waals surface area contributed by atoms with E-state index in [0.717, 1.165) is 30.4 Å². The quantitative estimate of drug-likeness (QED) is 0.877. The van der Waals surface area contributed by atoms with Crippen molar-refractivity contribution in [2.45, 2.75) is 26.7 Å². The minimum atomic E-state index is 0.0388. The Bertz CT molecular complexity index is 403. The predicted octanol–water partition coefficient (Wildman–Crippen LogP) is 3.15. The fraction of sp³-hybridized carbons (Fsp3) is 0.538. The van der Waals surface area contributed by atoms with E-state index in [0.29, 0.717) is 11.4 Å². The van der Waals surface area contributed by atoms with Crippen LogP contribution in [0.1, 0.15) is 37.0 Å². The summed E-state index contributed by atoms with van der Waals surface area (Å²) in [7, 11) is 1.77. The molecule has 0 bridgehead atoms. The van der Waals surface area contributed by atoms with E-state index in [9.17, 15) is 4.79 Å². The summed E-state index contributed by atoms with van der Waals surface area (Å²) in [6.45, 7) is 5.72. The van der Waals surface area contributed by atoms with E-state index >= 15 is 0 Å². The van der Waals surface area contributed by atoms with Gasteiger partial charge < -0.3 is 10.2 Å². The van der Waals surface area contributed by atoms with Gasteiger partial charge in [0.05, 0.1) is 5.56 Å². The van der Waals surface area contributed by atoms with Gasteiger partial charge >= 0.3 is 0 Å². The van der Waals surface area contributed by atoms with E-state index in [2.05, 4.69) is 40.1 Å². The molecule has 0 aromatic carbocycles. The van der Waals surface area contributed by atoms with Crippen molar-refractivity contribution >= 4 is 27.7 Å². The van der Waals surface area contributed by atoms with E-state index in [1.54, 1.807) is 13.2 Å². The van der Waals surface area contributed by atoms with Gasteiger partial charge in [0.15, 0.2) is 0 Å². The highest BCUT2D eigenvalue weighted by atomic mass is 79.9. The Labute approximate surface area is 117 Å². The maximum absolute atomic E-state index is 12.5. The van der Waals surface area contributed by atoms with Crippen molar-refractivity contribution in [1.29, 1.82) is 0 Å². The number of nitrogens with one attached hydrogen (secondary N) is 1. The lowest BCUT2D eigenvalue weighted by Gasteiger charge is -2.22. The molecule has 0 unspecified atom stereocenters. The number of pyridine rings is 1. The summed E-state index contributed by atoms with van der Waals surface area (Å²) in [4.78, 5) is 18.6. The average molecular weight is 314 g/mol. The van der Waals surface area contributed by atoms with Crippen LogP contribution in [-0.2, 0) is 0 Å².